The van der Waals surface area contributed by atoms with Gasteiger partial charge in [0.1, 0.15) is 10.6 Å². The van der Waals surface area contributed by atoms with Gasteiger partial charge in [-0.25, -0.2) is 4.98 Å². The first kappa shape index (κ1) is 17.9. The Morgan fingerprint density at radius 3 is 2.48 bits per heavy atom. The summed E-state index contributed by atoms with van der Waals surface area (Å²) >= 11 is 1.72. The molecule has 1 saturated carbocycles. The van der Waals surface area contributed by atoms with Gasteiger partial charge in [-0.3, -0.25) is 4.90 Å². The molecule has 0 radical (unpaired) electrons. The summed E-state index contributed by atoms with van der Waals surface area (Å²) in [5, 5.41) is 14.4. The van der Waals surface area contributed by atoms with Crippen molar-refractivity contribution in [3.63, 3.8) is 0 Å². The Morgan fingerprint density at radius 1 is 1.12 bits per heavy atom. The lowest BCUT2D eigenvalue weighted by Crippen LogP contribution is -2.46. The van der Waals surface area contributed by atoms with Crippen LogP contribution in [0.25, 0.3) is 0 Å². The third-order valence-electron chi connectivity index (χ3n) is 6.45. The summed E-state index contributed by atoms with van der Waals surface area (Å²) in [5.41, 5.74) is 0.221. The van der Waals surface area contributed by atoms with Crippen LogP contribution in [0.15, 0.2) is 5.38 Å². The van der Waals surface area contributed by atoms with Crippen LogP contribution in [-0.4, -0.2) is 77.1 Å². The van der Waals surface area contributed by atoms with E-state index in [-0.39, 0.29) is 0 Å². The standard InChI is InChI=1S/C19H32N4OS/c1-21-10-12-22(13-11-21)14-18-20-17(15-25-18)19(24)6-8-23(9-7-19)16-4-2-3-5-16/h15-16,24H,2-14H2,1H3. The molecule has 4 rings (SSSR count). The molecule has 0 amide bonds. The van der Waals surface area contributed by atoms with Crippen molar-refractivity contribution in [3.8, 4) is 0 Å². The third-order valence-corrected chi connectivity index (χ3v) is 7.28. The van der Waals surface area contributed by atoms with Crippen LogP contribution >= 0.6 is 11.3 Å². The predicted octanol–water partition coefficient (Wildman–Crippen LogP) is 2.12. The molecule has 1 N–H and O–H groups in total. The SMILES string of the molecule is CN1CCN(Cc2nc(C3(O)CCN(C4CCCC4)CC3)cs2)CC1. The van der Waals surface area contributed by atoms with Gasteiger partial charge in [-0.05, 0) is 32.7 Å². The zero-order valence-electron chi connectivity index (χ0n) is 15.5. The topological polar surface area (TPSA) is 42.8 Å². The molecule has 6 heteroatoms. The monoisotopic (exact) mass is 364 g/mol. The molecule has 0 bridgehead atoms. The van der Waals surface area contributed by atoms with Gasteiger partial charge in [-0.2, -0.15) is 0 Å². The molecule has 0 atom stereocenters. The number of piperazine rings is 1. The van der Waals surface area contributed by atoms with Gasteiger partial charge in [-0.1, -0.05) is 12.8 Å². The van der Waals surface area contributed by atoms with Crippen molar-refractivity contribution in [2.24, 2.45) is 0 Å². The highest BCUT2D eigenvalue weighted by Gasteiger charge is 2.38. The van der Waals surface area contributed by atoms with Crippen molar-refractivity contribution in [2.75, 3.05) is 46.3 Å². The molecular weight excluding hydrogens is 332 g/mol. The molecule has 1 aromatic heterocycles. The van der Waals surface area contributed by atoms with E-state index in [9.17, 15) is 5.11 Å². The maximum absolute atomic E-state index is 11.2. The summed E-state index contributed by atoms with van der Waals surface area (Å²) in [7, 11) is 2.19. The Hall–Kier alpha value is -0.530. The van der Waals surface area contributed by atoms with E-state index in [1.807, 2.05) is 0 Å². The van der Waals surface area contributed by atoms with E-state index in [0.29, 0.717) is 0 Å². The minimum atomic E-state index is -0.702. The van der Waals surface area contributed by atoms with E-state index in [1.54, 1.807) is 11.3 Å². The van der Waals surface area contributed by atoms with E-state index in [4.69, 9.17) is 4.98 Å². The van der Waals surface area contributed by atoms with E-state index in [1.165, 1.54) is 25.7 Å². The first-order chi connectivity index (χ1) is 12.1. The number of likely N-dealkylation sites (N-methyl/N-ethyl adjacent to an activating group) is 1. The highest BCUT2D eigenvalue weighted by Crippen LogP contribution is 2.36. The van der Waals surface area contributed by atoms with Crippen LogP contribution in [0.4, 0.5) is 0 Å². The molecule has 3 heterocycles. The van der Waals surface area contributed by atoms with E-state index in [0.717, 1.165) is 75.4 Å². The number of nitrogens with zero attached hydrogens (tertiary/aromatic N) is 4. The smallest absolute Gasteiger partial charge is 0.110 e. The lowest BCUT2D eigenvalue weighted by atomic mass is 9.88. The number of piperidine rings is 1. The molecule has 2 saturated heterocycles. The Bertz CT molecular complexity index is 556. The molecule has 0 spiro atoms. The van der Waals surface area contributed by atoms with Crippen molar-refractivity contribution < 1.29 is 5.11 Å². The van der Waals surface area contributed by atoms with Crippen molar-refractivity contribution in [1.29, 1.82) is 0 Å². The molecule has 0 aromatic carbocycles. The number of rotatable bonds is 4. The number of thiazole rings is 1. The highest BCUT2D eigenvalue weighted by atomic mass is 32.1. The zero-order chi connectivity index (χ0) is 17.3. The summed E-state index contributed by atoms with van der Waals surface area (Å²) in [4.78, 5) is 12.3. The van der Waals surface area contributed by atoms with Crippen LogP contribution in [0, 0.1) is 0 Å². The molecule has 2 aliphatic heterocycles. The van der Waals surface area contributed by atoms with Crippen molar-refractivity contribution in [3.05, 3.63) is 16.1 Å². The average Bonchev–Trinajstić information content (AvgIpc) is 3.30. The van der Waals surface area contributed by atoms with Crippen LogP contribution in [0.1, 0.15) is 49.2 Å². The fraction of sp³-hybridized carbons (Fsp3) is 0.842. The fourth-order valence-electron chi connectivity index (χ4n) is 4.58. The third kappa shape index (κ3) is 4.08. The van der Waals surface area contributed by atoms with E-state index >= 15 is 0 Å². The number of hydrogen-bond donors (Lipinski definition) is 1. The number of aliphatic hydroxyl groups is 1. The molecule has 3 aliphatic rings. The van der Waals surface area contributed by atoms with Crippen LogP contribution in [0.3, 0.4) is 0 Å². The van der Waals surface area contributed by atoms with Crippen molar-refractivity contribution in [1.82, 2.24) is 19.7 Å². The molecule has 1 aliphatic carbocycles. The zero-order valence-corrected chi connectivity index (χ0v) is 16.3. The minimum absolute atomic E-state index is 0.702. The molecule has 5 nitrogen and oxygen atoms in total. The highest BCUT2D eigenvalue weighted by molar-refractivity contribution is 7.09. The Labute approximate surface area is 155 Å². The molecular formula is C19H32N4OS. The van der Waals surface area contributed by atoms with Gasteiger partial charge < -0.3 is 14.9 Å². The second-order valence-corrected chi connectivity index (χ2v) is 9.15. The van der Waals surface area contributed by atoms with Crippen LogP contribution in [-0.2, 0) is 12.1 Å². The summed E-state index contributed by atoms with van der Waals surface area (Å²) in [6.45, 7) is 7.48. The van der Waals surface area contributed by atoms with Crippen molar-refractivity contribution in [2.45, 2.75) is 56.7 Å². The van der Waals surface area contributed by atoms with E-state index < -0.39 is 5.60 Å². The lowest BCUT2D eigenvalue weighted by Gasteiger charge is -2.40. The van der Waals surface area contributed by atoms with Gasteiger partial charge in [-0.15, -0.1) is 11.3 Å². The molecule has 0 unspecified atom stereocenters. The van der Waals surface area contributed by atoms with Gasteiger partial charge in [0.15, 0.2) is 0 Å². The summed E-state index contributed by atoms with van der Waals surface area (Å²) in [6, 6.07) is 0.771. The molecule has 25 heavy (non-hydrogen) atoms. The minimum Gasteiger partial charge on any atom is -0.383 e. The molecule has 140 valence electrons. The van der Waals surface area contributed by atoms with Gasteiger partial charge in [0, 0.05) is 50.7 Å². The first-order valence-electron chi connectivity index (χ1n) is 9.95. The Morgan fingerprint density at radius 2 is 1.80 bits per heavy atom. The number of likely N-dealkylation sites (tertiary alicyclic amines) is 1. The first-order valence-corrected chi connectivity index (χ1v) is 10.8. The Balaban J connectivity index is 1.33. The lowest BCUT2D eigenvalue weighted by molar-refractivity contribution is -0.0379. The number of hydrogen-bond acceptors (Lipinski definition) is 6. The van der Waals surface area contributed by atoms with Gasteiger partial charge in [0.05, 0.1) is 12.2 Å². The largest absolute Gasteiger partial charge is 0.383 e. The van der Waals surface area contributed by atoms with Crippen molar-refractivity contribution >= 4 is 11.3 Å². The second kappa shape index (κ2) is 7.61. The predicted molar refractivity (Wildman–Crippen MR) is 102 cm³/mol. The van der Waals surface area contributed by atoms with Crippen LogP contribution in [0.5, 0.6) is 0 Å². The molecule has 1 aromatic rings. The normalized spacial score (nSPS) is 27.1. The summed E-state index contributed by atoms with van der Waals surface area (Å²) in [5.74, 6) is 0. The van der Waals surface area contributed by atoms with Gasteiger partial charge >= 0.3 is 0 Å². The fourth-order valence-corrected chi connectivity index (χ4v) is 5.51. The second-order valence-electron chi connectivity index (χ2n) is 8.21. The van der Waals surface area contributed by atoms with Crippen LogP contribution in [0.2, 0.25) is 0 Å². The van der Waals surface area contributed by atoms with Crippen LogP contribution < -0.4 is 0 Å². The quantitative estimate of drug-likeness (QED) is 0.886. The maximum atomic E-state index is 11.2. The molecule has 3 fully saturated rings. The van der Waals surface area contributed by atoms with Gasteiger partial charge in [0.25, 0.3) is 0 Å². The summed E-state index contributed by atoms with van der Waals surface area (Å²) in [6.07, 6.45) is 7.14. The number of aromatic nitrogens is 1. The van der Waals surface area contributed by atoms with E-state index in [2.05, 4.69) is 27.1 Å². The summed E-state index contributed by atoms with van der Waals surface area (Å²) < 4.78 is 0. The Kier molecular flexibility index (Phi) is 5.43. The average molecular weight is 365 g/mol. The maximum Gasteiger partial charge on any atom is 0.110 e. The van der Waals surface area contributed by atoms with Gasteiger partial charge in [0.2, 0.25) is 0 Å².